The van der Waals surface area contributed by atoms with E-state index in [1.54, 1.807) is 0 Å². The summed E-state index contributed by atoms with van der Waals surface area (Å²) in [6.45, 7) is 0. The molecule has 1 heterocycles. The molecule has 0 unspecified atom stereocenters. The lowest BCUT2D eigenvalue weighted by Crippen LogP contribution is -2.09. The number of rotatable bonds is 5. The van der Waals surface area contributed by atoms with Crippen LogP contribution in [-0.4, -0.2) is 0 Å². The van der Waals surface area contributed by atoms with Gasteiger partial charge in [-0.2, -0.15) is 0 Å². The summed E-state index contributed by atoms with van der Waals surface area (Å²) in [7, 11) is 0. The summed E-state index contributed by atoms with van der Waals surface area (Å²) in [5, 5.41) is 4.42. The van der Waals surface area contributed by atoms with Crippen molar-refractivity contribution >= 4 is 49.8 Å². The first kappa shape index (κ1) is 19.5. The van der Waals surface area contributed by atoms with Crippen LogP contribution in [0.2, 0.25) is 0 Å². The van der Waals surface area contributed by atoms with Gasteiger partial charge in [0.15, 0.2) is 0 Å². The van der Waals surface area contributed by atoms with Crippen molar-refractivity contribution in [3.63, 3.8) is 0 Å². The van der Waals surface area contributed by atoms with Crippen LogP contribution in [0.3, 0.4) is 0 Å². The van der Waals surface area contributed by atoms with Crippen LogP contribution in [0.5, 0.6) is 0 Å². The molecule has 198 valence electrons. The molecule has 8 aromatic rings. The Bertz CT molecular complexity index is 2440. The fraction of sp³-hybridized carbons (Fsp3) is 0. The molecule has 7 aromatic carbocycles. The van der Waals surface area contributed by atoms with Gasteiger partial charge in [-0.3, -0.25) is 0 Å². The van der Waals surface area contributed by atoms with Crippen LogP contribution < -0.4 is 4.90 Å². The van der Waals surface area contributed by atoms with E-state index in [1.807, 2.05) is 78.9 Å². The topological polar surface area (TPSA) is 16.4 Å². The first-order valence-corrected chi connectivity index (χ1v) is 13.9. The number of para-hydroxylation sites is 2. The number of fused-ring (bicyclic) bond motifs is 4. The van der Waals surface area contributed by atoms with Gasteiger partial charge in [0.2, 0.25) is 0 Å². The Morgan fingerprint density at radius 2 is 1.05 bits per heavy atom. The molecule has 0 radical (unpaired) electrons. The van der Waals surface area contributed by atoms with E-state index in [0.29, 0.717) is 5.56 Å². The number of anilines is 3. The van der Waals surface area contributed by atoms with E-state index in [2.05, 4.69) is 59.5 Å². The lowest BCUT2D eigenvalue weighted by Gasteiger charge is -2.26. The van der Waals surface area contributed by atoms with Crippen LogP contribution in [-0.2, 0) is 0 Å². The molecular weight excluding hydrogens is 510 g/mol. The van der Waals surface area contributed by atoms with Gasteiger partial charge in [-0.1, -0.05) is 103 Å². The first-order chi connectivity index (χ1) is 22.9. The molecule has 0 aliphatic rings. The maximum Gasteiger partial charge on any atom is 0.135 e. The van der Waals surface area contributed by atoms with E-state index in [0.717, 1.165) is 60.9 Å². The Hall–Kier alpha value is -5.60. The highest BCUT2D eigenvalue weighted by Crippen LogP contribution is 2.38. The standard InChI is InChI=1S/C40H27NO/c1-3-9-28(10-4-1)29-17-21-35(22-18-29)41(34-11-5-2-6-12-34)36-23-19-31-25-30(15-16-32(31)26-36)33-20-24-40-38(27-33)37-13-7-8-14-39(37)42-40/h1-27H/i1D,3D,4D,9D,10D. The molecule has 0 amide bonds. The average Bonchev–Trinajstić information content (AvgIpc) is 3.49. The zero-order valence-corrected chi connectivity index (χ0v) is 22.6. The summed E-state index contributed by atoms with van der Waals surface area (Å²) in [5.74, 6) is 0. The number of hydrogen-bond acceptors (Lipinski definition) is 2. The van der Waals surface area contributed by atoms with Crippen molar-refractivity contribution in [1.29, 1.82) is 0 Å². The quantitative estimate of drug-likeness (QED) is 0.215. The third-order valence-electron chi connectivity index (χ3n) is 7.72. The van der Waals surface area contributed by atoms with Gasteiger partial charge in [0.1, 0.15) is 11.2 Å². The van der Waals surface area contributed by atoms with Gasteiger partial charge >= 0.3 is 0 Å². The van der Waals surface area contributed by atoms with Gasteiger partial charge in [-0.05, 0) is 93.7 Å². The van der Waals surface area contributed by atoms with Crippen LogP contribution in [0.25, 0.3) is 55.0 Å². The minimum atomic E-state index is -0.397. The maximum atomic E-state index is 8.40. The summed E-state index contributed by atoms with van der Waals surface area (Å²) in [5.41, 5.74) is 7.59. The molecule has 0 N–H and O–H groups in total. The third kappa shape index (κ3) is 4.31. The molecule has 0 saturated heterocycles. The van der Waals surface area contributed by atoms with Gasteiger partial charge in [-0.15, -0.1) is 0 Å². The Morgan fingerprint density at radius 1 is 0.429 bits per heavy atom. The van der Waals surface area contributed by atoms with Crippen LogP contribution in [0.1, 0.15) is 6.85 Å². The van der Waals surface area contributed by atoms with Crippen molar-refractivity contribution in [2.45, 2.75) is 0 Å². The average molecular weight is 543 g/mol. The Labute approximate surface area is 251 Å². The van der Waals surface area contributed by atoms with Crippen molar-refractivity contribution in [1.82, 2.24) is 0 Å². The van der Waals surface area contributed by atoms with Crippen molar-refractivity contribution < 1.29 is 11.3 Å². The molecule has 2 nitrogen and oxygen atoms in total. The lowest BCUT2D eigenvalue weighted by molar-refractivity contribution is 0.669. The molecule has 2 heteroatoms. The van der Waals surface area contributed by atoms with Crippen molar-refractivity contribution in [3.05, 3.63) is 164 Å². The number of benzene rings is 7. The summed E-state index contributed by atoms with van der Waals surface area (Å²) in [4.78, 5) is 2.15. The van der Waals surface area contributed by atoms with E-state index < -0.39 is 6.04 Å². The van der Waals surface area contributed by atoms with E-state index in [9.17, 15) is 0 Å². The number of furan rings is 1. The van der Waals surface area contributed by atoms with Gasteiger partial charge in [0.25, 0.3) is 0 Å². The molecule has 8 rings (SSSR count). The van der Waals surface area contributed by atoms with Crippen LogP contribution in [0.4, 0.5) is 17.1 Å². The van der Waals surface area contributed by atoms with Gasteiger partial charge in [0.05, 0.1) is 6.85 Å². The van der Waals surface area contributed by atoms with Crippen molar-refractivity contribution in [2.75, 3.05) is 4.90 Å². The minimum absolute atomic E-state index is 0.190. The molecule has 1 aromatic heterocycles. The maximum absolute atomic E-state index is 8.40. The van der Waals surface area contributed by atoms with E-state index in [4.69, 9.17) is 11.3 Å². The predicted molar refractivity (Wildman–Crippen MR) is 177 cm³/mol. The fourth-order valence-corrected chi connectivity index (χ4v) is 5.65. The third-order valence-corrected chi connectivity index (χ3v) is 7.72. The largest absolute Gasteiger partial charge is 0.456 e. The van der Waals surface area contributed by atoms with Gasteiger partial charge in [0, 0.05) is 27.8 Å². The SMILES string of the molecule is [2H]c1c([2H])c([2H])c(-c2ccc(N(c3ccccc3)c3ccc4cc(-c5ccc6oc7ccccc7c6c5)ccc4c3)cc2)c([2H])c1[2H]. The first-order valence-electron chi connectivity index (χ1n) is 16.4. The zero-order chi connectivity index (χ0) is 32.2. The number of nitrogens with zero attached hydrogens (tertiary/aromatic N) is 1. The monoisotopic (exact) mass is 542 g/mol. The van der Waals surface area contributed by atoms with Gasteiger partial charge in [-0.25, -0.2) is 0 Å². The Kier molecular flexibility index (Phi) is 4.68. The van der Waals surface area contributed by atoms with E-state index >= 15 is 0 Å². The normalized spacial score (nSPS) is 13.0. The summed E-state index contributed by atoms with van der Waals surface area (Å²) in [6.07, 6.45) is 0. The van der Waals surface area contributed by atoms with Crippen LogP contribution in [0, 0.1) is 0 Å². The molecule has 0 bridgehead atoms. The highest BCUT2D eigenvalue weighted by molar-refractivity contribution is 6.06. The highest BCUT2D eigenvalue weighted by atomic mass is 16.3. The Morgan fingerprint density at radius 3 is 1.90 bits per heavy atom. The number of hydrogen-bond donors (Lipinski definition) is 0. The second-order valence-electron chi connectivity index (χ2n) is 10.3. The Balaban J connectivity index is 1.18. The fourth-order valence-electron chi connectivity index (χ4n) is 5.65. The van der Waals surface area contributed by atoms with Crippen LogP contribution >= 0.6 is 0 Å². The van der Waals surface area contributed by atoms with Gasteiger partial charge < -0.3 is 9.32 Å². The molecule has 0 spiro atoms. The second-order valence-corrected chi connectivity index (χ2v) is 10.3. The molecule has 0 aliphatic heterocycles. The molecule has 0 fully saturated rings. The summed E-state index contributed by atoms with van der Waals surface area (Å²) >= 11 is 0. The van der Waals surface area contributed by atoms with Crippen molar-refractivity contribution in [2.24, 2.45) is 0 Å². The minimum Gasteiger partial charge on any atom is -0.456 e. The zero-order valence-electron chi connectivity index (χ0n) is 27.6. The molecule has 42 heavy (non-hydrogen) atoms. The molecule has 0 aliphatic carbocycles. The van der Waals surface area contributed by atoms with E-state index in [1.165, 1.54) is 0 Å². The van der Waals surface area contributed by atoms with E-state index in [-0.39, 0.29) is 29.7 Å². The summed E-state index contributed by atoms with van der Waals surface area (Å²) in [6, 6.07) is 43.4. The molecule has 0 atom stereocenters. The molecular formula is C40H27NO. The van der Waals surface area contributed by atoms with Crippen molar-refractivity contribution in [3.8, 4) is 22.3 Å². The predicted octanol–water partition coefficient (Wildman–Crippen LogP) is 11.5. The highest BCUT2D eigenvalue weighted by Gasteiger charge is 2.14. The van der Waals surface area contributed by atoms with Crippen LogP contribution in [0.15, 0.2) is 168 Å². The molecule has 0 saturated carbocycles. The smallest absolute Gasteiger partial charge is 0.135 e. The summed E-state index contributed by atoms with van der Waals surface area (Å²) < 4.78 is 46.9. The lowest BCUT2D eigenvalue weighted by atomic mass is 9.99. The second kappa shape index (κ2) is 10.1.